The fourth-order valence-electron chi connectivity index (χ4n) is 6.00. The van der Waals surface area contributed by atoms with E-state index in [2.05, 4.69) is 120 Å². The van der Waals surface area contributed by atoms with Gasteiger partial charge in [0.05, 0.1) is 33.0 Å². The zero-order valence-corrected chi connectivity index (χ0v) is 25.9. The van der Waals surface area contributed by atoms with Crippen LogP contribution in [0.5, 0.6) is 0 Å². The van der Waals surface area contributed by atoms with Crippen molar-refractivity contribution in [3.05, 3.63) is 152 Å². The quantitative estimate of drug-likeness (QED) is 0.192. The highest BCUT2D eigenvalue weighted by atomic mass is 32.1. The second kappa shape index (κ2) is 11.4. The van der Waals surface area contributed by atoms with Gasteiger partial charge in [0.1, 0.15) is 0 Å². The molecule has 0 saturated heterocycles. The molecule has 6 heteroatoms. The maximum atomic E-state index is 5.13. The van der Waals surface area contributed by atoms with E-state index in [4.69, 9.17) is 19.9 Å². The monoisotopic (exact) mass is 619 g/mol. The van der Waals surface area contributed by atoms with E-state index in [9.17, 15) is 0 Å². The number of aromatic nitrogens is 5. The molecule has 0 N–H and O–H groups in total. The molecular weight excluding hydrogens is 595 g/mol. The first-order chi connectivity index (χ1) is 23.3. The fourth-order valence-corrected chi connectivity index (χ4v) is 7.15. The lowest BCUT2D eigenvalue weighted by Crippen LogP contribution is -1.97. The van der Waals surface area contributed by atoms with Gasteiger partial charge in [-0.25, -0.2) is 19.9 Å². The van der Waals surface area contributed by atoms with Gasteiger partial charge in [-0.05, 0) is 41.1 Å². The number of fused-ring (bicyclic) bond motifs is 4. The normalized spacial score (nSPS) is 11.4. The summed E-state index contributed by atoms with van der Waals surface area (Å²) in [5, 5.41) is 3.50. The largest absolute Gasteiger partial charge is 0.255 e. The zero-order valence-electron chi connectivity index (χ0n) is 25.1. The molecule has 0 aliphatic heterocycles. The Balaban J connectivity index is 1.16. The average Bonchev–Trinajstić information content (AvgIpc) is 3.53. The number of pyridine rings is 1. The summed E-state index contributed by atoms with van der Waals surface area (Å²) in [5.41, 5.74) is 8.27. The van der Waals surface area contributed by atoms with Gasteiger partial charge >= 0.3 is 0 Å². The lowest BCUT2D eigenvalue weighted by Gasteiger charge is -2.10. The molecule has 0 atom stereocenters. The van der Waals surface area contributed by atoms with E-state index in [-0.39, 0.29) is 0 Å². The first-order valence-corrected chi connectivity index (χ1v) is 16.2. The summed E-state index contributed by atoms with van der Waals surface area (Å²) in [6, 6.07) is 49.7. The summed E-state index contributed by atoms with van der Waals surface area (Å²) in [4.78, 5) is 24.9. The molecule has 5 nitrogen and oxygen atoms in total. The van der Waals surface area contributed by atoms with Crippen molar-refractivity contribution in [3.8, 4) is 56.7 Å². The molecule has 9 aromatic rings. The van der Waals surface area contributed by atoms with Crippen LogP contribution in [0.4, 0.5) is 0 Å². The van der Waals surface area contributed by atoms with Gasteiger partial charge < -0.3 is 0 Å². The maximum absolute atomic E-state index is 5.13. The molecule has 5 aromatic carbocycles. The second-order valence-electron chi connectivity index (χ2n) is 11.4. The van der Waals surface area contributed by atoms with Gasteiger partial charge in [0, 0.05) is 38.5 Å². The van der Waals surface area contributed by atoms with Crippen molar-refractivity contribution in [1.82, 2.24) is 24.9 Å². The molecule has 0 fully saturated rings. The highest BCUT2D eigenvalue weighted by Gasteiger charge is 2.17. The third kappa shape index (κ3) is 5.01. The van der Waals surface area contributed by atoms with Gasteiger partial charge in [0.2, 0.25) is 0 Å². The number of rotatable bonds is 5. The Morgan fingerprint density at radius 3 is 1.91 bits per heavy atom. The van der Waals surface area contributed by atoms with E-state index < -0.39 is 0 Å². The predicted octanol–water partition coefficient (Wildman–Crippen LogP) is 10.5. The van der Waals surface area contributed by atoms with Crippen LogP contribution in [0.25, 0.3) is 87.8 Å². The number of nitrogens with zero attached hydrogens (tertiary/aromatic N) is 5. The molecule has 220 valence electrons. The summed E-state index contributed by atoms with van der Waals surface area (Å²) >= 11 is 1.74. The first-order valence-electron chi connectivity index (χ1n) is 15.4. The smallest absolute Gasteiger partial charge is 0.160 e. The second-order valence-corrected chi connectivity index (χ2v) is 12.4. The molecule has 9 rings (SSSR count). The predicted molar refractivity (Wildman–Crippen MR) is 193 cm³/mol. The van der Waals surface area contributed by atoms with Crippen LogP contribution in [0, 0.1) is 0 Å². The molecule has 0 bridgehead atoms. The summed E-state index contributed by atoms with van der Waals surface area (Å²) in [6.07, 6.45) is 1.79. The van der Waals surface area contributed by atoms with Crippen LogP contribution >= 0.6 is 11.3 Å². The summed E-state index contributed by atoms with van der Waals surface area (Å²) < 4.78 is 2.30. The molecule has 0 aliphatic rings. The Kier molecular flexibility index (Phi) is 6.58. The fraction of sp³-hybridized carbons (Fsp3) is 0. The SMILES string of the molecule is c1ccc(-c2nc(-c3ccc(-c4nc(-c5ccc6ccccc6c5)cc(-c5ccccn5)n4)cc3)nc3c2sc2ccccc23)cc1. The summed E-state index contributed by atoms with van der Waals surface area (Å²) in [6.45, 7) is 0. The van der Waals surface area contributed by atoms with Crippen molar-refractivity contribution in [2.75, 3.05) is 0 Å². The molecule has 0 radical (unpaired) electrons. The number of benzene rings is 5. The van der Waals surface area contributed by atoms with E-state index in [1.807, 2.05) is 30.3 Å². The Bertz CT molecular complexity index is 2560. The van der Waals surface area contributed by atoms with Crippen LogP contribution in [0.15, 0.2) is 152 Å². The van der Waals surface area contributed by atoms with Gasteiger partial charge in [-0.2, -0.15) is 0 Å². The van der Waals surface area contributed by atoms with Crippen molar-refractivity contribution < 1.29 is 0 Å². The Morgan fingerprint density at radius 1 is 0.426 bits per heavy atom. The van der Waals surface area contributed by atoms with Crippen molar-refractivity contribution >= 4 is 42.4 Å². The standard InChI is InChI=1S/C41H25N5S/c1-2-11-27(12-3-1)37-39-38(32-14-6-7-16-36(32)47-39)46-41(45-37)29-20-18-28(19-21-29)40-43-34(25-35(44-40)33-15-8-9-23-42-33)31-22-17-26-10-4-5-13-30(26)24-31/h1-25H. The van der Waals surface area contributed by atoms with Gasteiger partial charge in [0.15, 0.2) is 11.6 Å². The molecule has 47 heavy (non-hydrogen) atoms. The topological polar surface area (TPSA) is 64.5 Å². The van der Waals surface area contributed by atoms with E-state index in [1.54, 1.807) is 17.5 Å². The minimum atomic E-state index is 0.632. The number of thiophene rings is 1. The molecule has 0 aliphatic carbocycles. The molecule has 0 amide bonds. The van der Waals surface area contributed by atoms with Crippen molar-refractivity contribution in [3.63, 3.8) is 0 Å². The van der Waals surface area contributed by atoms with Gasteiger partial charge in [0.25, 0.3) is 0 Å². The summed E-state index contributed by atoms with van der Waals surface area (Å²) in [5.74, 6) is 1.32. The van der Waals surface area contributed by atoms with Crippen LogP contribution in [0.1, 0.15) is 0 Å². The van der Waals surface area contributed by atoms with Crippen LogP contribution in [-0.2, 0) is 0 Å². The third-order valence-electron chi connectivity index (χ3n) is 8.37. The lowest BCUT2D eigenvalue weighted by atomic mass is 10.0. The molecular formula is C41H25N5S. The van der Waals surface area contributed by atoms with Crippen LogP contribution in [-0.4, -0.2) is 24.9 Å². The van der Waals surface area contributed by atoms with Gasteiger partial charge in [-0.1, -0.05) is 115 Å². The van der Waals surface area contributed by atoms with Crippen molar-refractivity contribution in [2.45, 2.75) is 0 Å². The van der Waals surface area contributed by atoms with Crippen molar-refractivity contribution in [1.29, 1.82) is 0 Å². The minimum absolute atomic E-state index is 0.632. The third-order valence-corrected chi connectivity index (χ3v) is 9.53. The highest BCUT2D eigenvalue weighted by Crippen LogP contribution is 2.39. The van der Waals surface area contributed by atoms with Crippen molar-refractivity contribution in [2.24, 2.45) is 0 Å². The van der Waals surface area contributed by atoms with Gasteiger partial charge in [-0.3, -0.25) is 4.98 Å². The molecule has 4 aromatic heterocycles. The Hall–Kier alpha value is -6.11. The van der Waals surface area contributed by atoms with E-state index in [1.165, 1.54) is 15.5 Å². The first kappa shape index (κ1) is 27.2. The number of hydrogen-bond acceptors (Lipinski definition) is 6. The van der Waals surface area contributed by atoms with E-state index >= 15 is 0 Å². The molecule has 0 saturated carbocycles. The minimum Gasteiger partial charge on any atom is -0.255 e. The highest BCUT2D eigenvalue weighted by molar-refractivity contribution is 7.26. The zero-order chi connectivity index (χ0) is 31.2. The lowest BCUT2D eigenvalue weighted by molar-refractivity contribution is 1.16. The maximum Gasteiger partial charge on any atom is 0.160 e. The molecule has 4 heterocycles. The van der Waals surface area contributed by atoms with E-state index in [0.29, 0.717) is 11.6 Å². The average molecular weight is 620 g/mol. The Labute approximate surface area is 275 Å². The number of hydrogen-bond donors (Lipinski definition) is 0. The molecule has 0 spiro atoms. The van der Waals surface area contributed by atoms with Gasteiger partial charge in [-0.15, -0.1) is 11.3 Å². The van der Waals surface area contributed by atoms with Crippen LogP contribution in [0.2, 0.25) is 0 Å². The summed E-state index contributed by atoms with van der Waals surface area (Å²) in [7, 11) is 0. The Morgan fingerprint density at radius 2 is 1.11 bits per heavy atom. The molecule has 0 unspecified atom stereocenters. The van der Waals surface area contributed by atoms with Crippen LogP contribution in [0.3, 0.4) is 0 Å². The van der Waals surface area contributed by atoms with E-state index in [0.717, 1.165) is 60.6 Å². The van der Waals surface area contributed by atoms with Crippen LogP contribution < -0.4 is 0 Å².